The molecule has 6 nitrogen and oxygen atoms in total. The summed E-state index contributed by atoms with van der Waals surface area (Å²) in [6.07, 6.45) is -0.730. The molecular formula is C25H20O6. The molecule has 156 valence electrons. The lowest BCUT2D eigenvalue weighted by molar-refractivity contribution is -0.0813. The van der Waals surface area contributed by atoms with E-state index in [0.29, 0.717) is 45.8 Å². The Balaban J connectivity index is 1.79. The van der Waals surface area contributed by atoms with E-state index in [1.165, 1.54) is 6.07 Å². The maximum atomic E-state index is 13.1. The van der Waals surface area contributed by atoms with Gasteiger partial charge in [0.05, 0.1) is 16.7 Å². The monoisotopic (exact) mass is 416 g/mol. The van der Waals surface area contributed by atoms with Gasteiger partial charge in [0.1, 0.15) is 11.3 Å². The van der Waals surface area contributed by atoms with Crippen LogP contribution in [0.5, 0.6) is 5.75 Å². The van der Waals surface area contributed by atoms with Crippen molar-refractivity contribution in [3.05, 3.63) is 86.1 Å². The van der Waals surface area contributed by atoms with Crippen LogP contribution in [0.25, 0.3) is 33.4 Å². The van der Waals surface area contributed by atoms with E-state index in [-0.39, 0.29) is 5.56 Å². The molecule has 3 heterocycles. The van der Waals surface area contributed by atoms with E-state index in [2.05, 4.69) is 0 Å². The van der Waals surface area contributed by atoms with Gasteiger partial charge in [-0.2, -0.15) is 0 Å². The molecule has 0 bridgehead atoms. The highest BCUT2D eigenvalue weighted by Crippen LogP contribution is 2.43. The number of ether oxygens (including phenoxy) is 2. The molecule has 0 saturated heterocycles. The fourth-order valence-electron chi connectivity index (χ4n) is 3.93. The van der Waals surface area contributed by atoms with Gasteiger partial charge < -0.3 is 18.3 Å². The molecule has 1 aliphatic rings. The van der Waals surface area contributed by atoms with Crippen LogP contribution in [0, 0.1) is 13.8 Å². The summed E-state index contributed by atoms with van der Waals surface area (Å²) in [5, 5.41) is 0.651. The lowest BCUT2D eigenvalue weighted by Crippen LogP contribution is -2.20. The first-order valence-electron chi connectivity index (χ1n) is 10.1. The van der Waals surface area contributed by atoms with Gasteiger partial charge >= 0.3 is 11.3 Å². The summed E-state index contributed by atoms with van der Waals surface area (Å²) in [5.74, 6) is 1.01. The van der Waals surface area contributed by atoms with Gasteiger partial charge in [0.15, 0.2) is 5.76 Å². The van der Waals surface area contributed by atoms with E-state index in [4.69, 9.17) is 18.3 Å². The SMILES string of the molecule is CCOC1Oc2ccc(C)cc2-c2oc(=O)c(-c3cc(=O)oc4cc(C)ccc34)cc21. The molecule has 1 atom stereocenters. The summed E-state index contributed by atoms with van der Waals surface area (Å²) in [4.78, 5) is 25.3. The van der Waals surface area contributed by atoms with Gasteiger partial charge in [-0.25, -0.2) is 9.59 Å². The summed E-state index contributed by atoms with van der Waals surface area (Å²) >= 11 is 0. The Hall–Kier alpha value is -3.64. The van der Waals surface area contributed by atoms with Crippen molar-refractivity contribution in [2.24, 2.45) is 0 Å². The molecule has 2 aromatic heterocycles. The first-order chi connectivity index (χ1) is 14.9. The van der Waals surface area contributed by atoms with Crippen molar-refractivity contribution in [3.63, 3.8) is 0 Å². The quantitative estimate of drug-likeness (QED) is 0.431. The molecule has 0 amide bonds. The van der Waals surface area contributed by atoms with Crippen LogP contribution in [-0.4, -0.2) is 6.61 Å². The van der Waals surface area contributed by atoms with Crippen LogP contribution >= 0.6 is 0 Å². The average molecular weight is 416 g/mol. The van der Waals surface area contributed by atoms with Gasteiger partial charge in [0.25, 0.3) is 0 Å². The van der Waals surface area contributed by atoms with Crippen molar-refractivity contribution in [1.82, 2.24) is 0 Å². The Morgan fingerprint density at radius 1 is 0.871 bits per heavy atom. The fourth-order valence-corrected chi connectivity index (χ4v) is 3.93. The largest absolute Gasteiger partial charge is 0.460 e. The zero-order chi connectivity index (χ0) is 21.7. The van der Waals surface area contributed by atoms with Crippen molar-refractivity contribution < 1.29 is 18.3 Å². The molecule has 1 aliphatic heterocycles. The molecule has 0 fully saturated rings. The molecule has 2 aromatic carbocycles. The van der Waals surface area contributed by atoms with E-state index in [0.717, 1.165) is 11.1 Å². The van der Waals surface area contributed by atoms with Crippen LogP contribution < -0.4 is 16.0 Å². The molecular weight excluding hydrogens is 396 g/mol. The number of hydrogen-bond acceptors (Lipinski definition) is 6. The van der Waals surface area contributed by atoms with Crippen LogP contribution in [0.1, 0.15) is 29.9 Å². The minimum atomic E-state index is -0.730. The standard InChI is InChI=1S/C25H20O6/c1-4-28-25-19-11-17(16-12-22(26)29-21-10-14(3)5-7-15(16)21)24(27)31-23(19)18-9-13(2)6-8-20(18)30-25/h5-12,25H,4H2,1-3H3. The Kier molecular flexibility index (Phi) is 4.52. The van der Waals surface area contributed by atoms with Crippen molar-refractivity contribution in [1.29, 1.82) is 0 Å². The number of benzene rings is 2. The molecule has 0 N–H and O–H groups in total. The van der Waals surface area contributed by atoms with E-state index < -0.39 is 17.5 Å². The van der Waals surface area contributed by atoms with Gasteiger partial charge in [-0.05, 0) is 50.6 Å². The minimum Gasteiger partial charge on any atom is -0.460 e. The van der Waals surface area contributed by atoms with Crippen LogP contribution in [-0.2, 0) is 4.74 Å². The predicted octanol–water partition coefficient (Wildman–Crippen LogP) is 5.12. The summed E-state index contributed by atoms with van der Waals surface area (Å²) in [6, 6.07) is 14.2. The third-order valence-corrected chi connectivity index (χ3v) is 5.35. The average Bonchev–Trinajstić information content (AvgIpc) is 2.73. The van der Waals surface area contributed by atoms with Crippen LogP contribution in [0.4, 0.5) is 0 Å². The number of rotatable bonds is 3. The van der Waals surface area contributed by atoms with Crippen molar-refractivity contribution in [2.45, 2.75) is 27.1 Å². The maximum Gasteiger partial charge on any atom is 0.344 e. The number of hydrogen-bond donors (Lipinski definition) is 0. The van der Waals surface area contributed by atoms with Gasteiger partial charge in [-0.15, -0.1) is 0 Å². The zero-order valence-corrected chi connectivity index (χ0v) is 17.4. The molecule has 1 unspecified atom stereocenters. The highest BCUT2D eigenvalue weighted by Gasteiger charge is 2.31. The second-order valence-corrected chi connectivity index (χ2v) is 7.62. The third-order valence-electron chi connectivity index (χ3n) is 5.35. The van der Waals surface area contributed by atoms with E-state index >= 15 is 0 Å². The molecule has 5 rings (SSSR count). The maximum absolute atomic E-state index is 13.1. The van der Waals surface area contributed by atoms with E-state index in [1.807, 2.05) is 51.1 Å². The lowest BCUT2D eigenvalue weighted by Gasteiger charge is -2.27. The molecule has 4 aromatic rings. The first kappa shape index (κ1) is 19.3. The Bertz CT molecular complexity index is 1440. The van der Waals surface area contributed by atoms with Gasteiger partial charge in [-0.3, -0.25) is 0 Å². The van der Waals surface area contributed by atoms with Crippen molar-refractivity contribution in [3.8, 4) is 28.2 Å². The molecule has 0 saturated carbocycles. The summed E-state index contributed by atoms with van der Waals surface area (Å²) in [5.41, 5.74) is 3.29. The van der Waals surface area contributed by atoms with Gasteiger partial charge in [0, 0.05) is 23.6 Å². The fraction of sp³-hybridized carbons (Fsp3) is 0.200. The van der Waals surface area contributed by atoms with E-state index in [9.17, 15) is 9.59 Å². The molecule has 0 aliphatic carbocycles. The normalized spacial score (nSPS) is 14.7. The smallest absolute Gasteiger partial charge is 0.344 e. The Morgan fingerprint density at radius 3 is 2.45 bits per heavy atom. The summed E-state index contributed by atoms with van der Waals surface area (Å²) < 4.78 is 23.0. The highest BCUT2D eigenvalue weighted by molar-refractivity contribution is 5.93. The second-order valence-electron chi connectivity index (χ2n) is 7.62. The number of aryl methyl sites for hydroxylation is 2. The number of fused-ring (bicyclic) bond motifs is 4. The van der Waals surface area contributed by atoms with Gasteiger partial charge in [-0.1, -0.05) is 23.8 Å². The molecule has 0 spiro atoms. The molecule has 31 heavy (non-hydrogen) atoms. The van der Waals surface area contributed by atoms with Gasteiger partial charge in [0.2, 0.25) is 6.29 Å². The Morgan fingerprint density at radius 2 is 1.65 bits per heavy atom. The van der Waals surface area contributed by atoms with E-state index in [1.54, 1.807) is 12.1 Å². The summed E-state index contributed by atoms with van der Waals surface area (Å²) in [6.45, 7) is 6.14. The topological polar surface area (TPSA) is 78.9 Å². The van der Waals surface area contributed by atoms with Crippen molar-refractivity contribution >= 4 is 11.0 Å². The second kappa shape index (κ2) is 7.25. The Labute approximate surface area is 177 Å². The van der Waals surface area contributed by atoms with Crippen molar-refractivity contribution in [2.75, 3.05) is 6.61 Å². The lowest BCUT2D eigenvalue weighted by atomic mass is 9.97. The van der Waals surface area contributed by atoms with Crippen LogP contribution in [0.15, 0.2) is 67.0 Å². The molecule has 6 heteroatoms. The minimum absolute atomic E-state index is 0.255. The third kappa shape index (κ3) is 3.25. The van der Waals surface area contributed by atoms with Crippen LogP contribution in [0.2, 0.25) is 0 Å². The van der Waals surface area contributed by atoms with Crippen LogP contribution in [0.3, 0.4) is 0 Å². The zero-order valence-electron chi connectivity index (χ0n) is 17.4. The first-order valence-corrected chi connectivity index (χ1v) is 10.1. The molecule has 0 radical (unpaired) electrons. The highest BCUT2D eigenvalue weighted by atomic mass is 16.7. The predicted molar refractivity (Wildman–Crippen MR) is 116 cm³/mol. The summed E-state index contributed by atoms with van der Waals surface area (Å²) in [7, 11) is 0.